The number of hydrogen-bond donors (Lipinski definition) is 1. The summed E-state index contributed by atoms with van der Waals surface area (Å²) < 4.78 is 27.8. The highest BCUT2D eigenvalue weighted by molar-refractivity contribution is 9.10. The van der Waals surface area contributed by atoms with Gasteiger partial charge in [-0.15, -0.1) is 0 Å². The molecule has 0 spiro atoms. The first-order chi connectivity index (χ1) is 20.0. The molecule has 0 saturated heterocycles. The summed E-state index contributed by atoms with van der Waals surface area (Å²) in [4.78, 5) is 41.6. The number of nitrogens with zero attached hydrogens (tertiary/aromatic N) is 2. The molecule has 2 amide bonds. The van der Waals surface area contributed by atoms with Crippen molar-refractivity contribution in [3.8, 4) is 0 Å². The fraction of sp³-hybridized carbons (Fsp3) is 0.344. The van der Waals surface area contributed by atoms with Crippen LogP contribution in [0.3, 0.4) is 0 Å². The van der Waals surface area contributed by atoms with E-state index in [2.05, 4.69) is 21.2 Å². The van der Waals surface area contributed by atoms with Crippen LogP contribution in [0.15, 0.2) is 83.3 Å². The zero-order chi connectivity index (χ0) is 30.3. The van der Waals surface area contributed by atoms with Crippen molar-refractivity contribution in [2.24, 2.45) is 0 Å². The highest BCUT2D eigenvalue weighted by Crippen LogP contribution is 2.23. The molecule has 4 rings (SSSR count). The second-order valence-corrected chi connectivity index (χ2v) is 13.5. The molecule has 0 aliphatic heterocycles. The van der Waals surface area contributed by atoms with E-state index < -0.39 is 28.5 Å². The van der Waals surface area contributed by atoms with Crippen LogP contribution in [0.2, 0.25) is 0 Å². The van der Waals surface area contributed by atoms with Gasteiger partial charge in [-0.2, -0.15) is 0 Å². The van der Waals surface area contributed by atoms with Crippen LogP contribution in [-0.4, -0.2) is 55.8 Å². The number of nitrogens with one attached hydrogen (secondary N) is 1. The van der Waals surface area contributed by atoms with Crippen molar-refractivity contribution < 1.29 is 22.8 Å². The molecule has 1 N–H and O–H groups in total. The van der Waals surface area contributed by atoms with Crippen molar-refractivity contribution in [3.63, 3.8) is 0 Å². The molecule has 1 aliphatic carbocycles. The number of hydrogen-bond acceptors (Lipinski definition) is 5. The molecule has 0 heterocycles. The van der Waals surface area contributed by atoms with Crippen LogP contribution in [0, 0.1) is 0 Å². The molecular formula is C32H36BrN3O5S. The molecule has 1 saturated carbocycles. The van der Waals surface area contributed by atoms with E-state index in [-0.39, 0.29) is 36.4 Å². The molecule has 3 aromatic rings. The number of sulfonamides is 1. The molecule has 3 aromatic carbocycles. The Morgan fingerprint density at radius 1 is 0.929 bits per heavy atom. The average Bonchev–Trinajstić information content (AvgIpc) is 3.47. The summed E-state index contributed by atoms with van der Waals surface area (Å²) in [6.45, 7) is 0.970. The van der Waals surface area contributed by atoms with E-state index in [9.17, 15) is 22.8 Å². The van der Waals surface area contributed by atoms with Crippen molar-refractivity contribution in [2.75, 3.05) is 17.1 Å². The minimum absolute atomic E-state index is 0.0437. The third-order valence-electron chi connectivity index (χ3n) is 7.46. The van der Waals surface area contributed by atoms with Gasteiger partial charge >= 0.3 is 0 Å². The summed E-state index contributed by atoms with van der Waals surface area (Å²) in [5.74, 6) is -1.01. The van der Waals surface area contributed by atoms with Gasteiger partial charge in [0.2, 0.25) is 21.8 Å². The van der Waals surface area contributed by atoms with Gasteiger partial charge in [0, 0.05) is 29.0 Å². The van der Waals surface area contributed by atoms with Crippen LogP contribution in [0.4, 0.5) is 5.69 Å². The minimum Gasteiger partial charge on any atom is -0.352 e. The lowest BCUT2D eigenvalue weighted by Crippen LogP contribution is -2.54. The Morgan fingerprint density at radius 2 is 1.60 bits per heavy atom. The van der Waals surface area contributed by atoms with Crippen LogP contribution in [0.1, 0.15) is 54.1 Å². The van der Waals surface area contributed by atoms with Crippen molar-refractivity contribution >= 4 is 49.2 Å². The monoisotopic (exact) mass is 653 g/mol. The predicted molar refractivity (Wildman–Crippen MR) is 168 cm³/mol. The van der Waals surface area contributed by atoms with E-state index in [1.165, 1.54) is 17.9 Å². The Hall–Kier alpha value is -3.50. The zero-order valence-corrected chi connectivity index (χ0v) is 26.2. The zero-order valence-electron chi connectivity index (χ0n) is 23.8. The molecule has 0 unspecified atom stereocenters. The maximum absolute atomic E-state index is 14.2. The lowest BCUT2D eigenvalue weighted by Gasteiger charge is -2.34. The Kier molecular flexibility index (Phi) is 10.6. The molecular weight excluding hydrogens is 618 g/mol. The maximum Gasteiger partial charge on any atom is 0.244 e. The first kappa shape index (κ1) is 31.4. The summed E-state index contributed by atoms with van der Waals surface area (Å²) in [5, 5.41) is 3.15. The van der Waals surface area contributed by atoms with Crippen molar-refractivity contribution in [1.82, 2.24) is 10.2 Å². The topological polar surface area (TPSA) is 104 Å². The van der Waals surface area contributed by atoms with E-state index >= 15 is 0 Å². The molecule has 1 fully saturated rings. The maximum atomic E-state index is 14.2. The standard InChI is InChI=1S/C32H36BrN3O5S/c1-23(37)26-11-8-14-29(20-26)36(42(2,40)41)22-31(38)35(21-25-15-17-27(33)18-16-25)30(19-24-9-4-3-5-10-24)32(39)34-28-12-6-7-13-28/h3-5,8-11,14-18,20,28,30H,6-7,12-13,19,21-22H2,1-2H3,(H,34,39)/t30-/m1/s1. The van der Waals surface area contributed by atoms with Gasteiger partial charge in [-0.3, -0.25) is 18.7 Å². The smallest absolute Gasteiger partial charge is 0.244 e. The van der Waals surface area contributed by atoms with Crippen molar-refractivity contribution in [3.05, 3.63) is 100 Å². The van der Waals surface area contributed by atoms with Gasteiger partial charge in [0.1, 0.15) is 12.6 Å². The lowest BCUT2D eigenvalue weighted by atomic mass is 10.0. The number of amides is 2. The van der Waals surface area contributed by atoms with Gasteiger partial charge in [-0.1, -0.05) is 83.4 Å². The molecule has 222 valence electrons. The highest BCUT2D eigenvalue weighted by Gasteiger charge is 2.34. The van der Waals surface area contributed by atoms with Crippen LogP contribution in [0.25, 0.3) is 0 Å². The van der Waals surface area contributed by atoms with Crippen LogP contribution >= 0.6 is 15.9 Å². The summed E-state index contributed by atoms with van der Waals surface area (Å²) in [6, 6.07) is 22.3. The number of halogens is 1. The van der Waals surface area contributed by atoms with Gasteiger partial charge in [-0.05, 0) is 55.2 Å². The number of Topliss-reactive ketones (excluding diaryl/α,β-unsaturated/α-hetero) is 1. The lowest BCUT2D eigenvalue weighted by molar-refractivity contribution is -0.140. The summed E-state index contributed by atoms with van der Waals surface area (Å²) in [7, 11) is -3.92. The van der Waals surface area contributed by atoms with Crippen molar-refractivity contribution in [2.45, 2.75) is 57.7 Å². The Balaban J connectivity index is 1.73. The summed E-state index contributed by atoms with van der Waals surface area (Å²) >= 11 is 3.44. The molecule has 0 bridgehead atoms. The van der Waals surface area contributed by atoms with Gasteiger partial charge in [0.15, 0.2) is 5.78 Å². The fourth-order valence-corrected chi connectivity index (χ4v) is 6.31. The Morgan fingerprint density at radius 3 is 2.21 bits per heavy atom. The number of carbonyl (C=O) groups excluding carboxylic acids is 3. The van der Waals surface area contributed by atoms with E-state index in [1.54, 1.807) is 18.2 Å². The molecule has 1 atom stereocenters. The molecule has 8 nitrogen and oxygen atoms in total. The van der Waals surface area contributed by atoms with E-state index in [4.69, 9.17) is 0 Å². The van der Waals surface area contributed by atoms with Crippen LogP contribution < -0.4 is 9.62 Å². The number of rotatable bonds is 12. The van der Waals surface area contributed by atoms with Crippen molar-refractivity contribution in [1.29, 1.82) is 0 Å². The molecule has 1 aliphatic rings. The summed E-state index contributed by atoms with van der Waals surface area (Å²) in [6.07, 6.45) is 5.14. The van der Waals surface area contributed by atoms with E-state index in [1.807, 2.05) is 54.6 Å². The first-order valence-corrected chi connectivity index (χ1v) is 16.6. The normalized spacial score (nSPS) is 14.3. The number of ketones is 1. The molecule has 0 aromatic heterocycles. The minimum atomic E-state index is -3.92. The first-order valence-electron chi connectivity index (χ1n) is 14.0. The highest BCUT2D eigenvalue weighted by atomic mass is 79.9. The number of carbonyl (C=O) groups is 3. The SMILES string of the molecule is CC(=O)c1cccc(N(CC(=O)N(Cc2ccc(Br)cc2)[C@H](Cc2ccccc2)C(=O)NC2CCCC2)S(C)(=O)=O)c1. The molecule has 0 radical (unpaired) electrons. The molecule has 10 heteroatoms. The Bertz CT molecular complexity index is 1510. The van der Waals surface area contributed by atoms with Gasteiger partial charge in [0.25, 0.3) is 0 Å². The fourth-order valence-electron chi connectivity index (χ4n) is 5.20. The van der Waals surface area contributed by atoms with E-state index in [0.29, 0.717) is 5.56 Å². The summed E-state index contributed by atoms with van der Waals surface area (Å²) in [5.41, 5.74) is 2.21. The van der Waals surface area contributed by atoms with E-state index in [0.717, 1.165) is 51.8 Å². The van der Waals surface area contributed by atoms with Crippen LogP contribution in [0.5, 0.6) is 0 Å². The van der Waals surface area contributed by atoms with Crippen LogP contribution in [-0.2, 0) is 32.6 Å². The second kappa shape index (κ2) is 14.1. The average molecular weight is 655 g/mol. The third kappa shape index (κ3) is 8.51. The largest absolute Gasteiger partial charge is 0.352 e. The quantitative estimate of drug-likeness (QED) is 0.274. The van der Waals surface area contributed by atoms with Gasteiger partial charge < -0.3 is 10.2 Å². The number of benzene rings is 3. The van der Waals surface area contributed by atoms with Gasteiger partial charge in [0.05, 0.1) is 11.9 Å². The predicted octanol–water partition coefficient (Wildman–Crippen LogP) is 5.12. The third-order valence-corrected chi connectivity index (χ3v) is 9.13. The second-order valence-electron chi connectivity index (χ2n) is 10.7. The Labute approximate surface area is 256 Å². The molecule has 42 heavy (non-hydrogen) atoms. The van der Waals surface area contributed by atoms with Gasteiger partial charge in [-0.25, -0.2) is 8.42 Å². The number of anilines is 1.